The first-order valence-electron chi connectivity index (χ1n) is 5.90. The maximum absolute atomic E-state index is 11.8. The summed E-state index contributed by atoms with van der Waals surface area (Å²) in [5.74, 6) is 1.13. The summed E-state index contributed by atoms with van der Waals surface area (Å²) in [6, 6.07) is 0.281. The van der Waals surface area contributed by atoms with Crippen molar-refractivity contribution in [2.45, 2.75) is 37.5 Å². The largest absolute Gasteiger partial charge is 0.345 e. The summed E-state index contributed by atoms with van der Waals surface area (Å²) < 4.78 is 0. The van der Waals surface area contributed by atoms with Gasteiger partial charge < -0.3 is 10.2 Å². The van der Waals surface area contributed by atoms with Gasteiger partial charge in [-0.05, 0) is 18.6 Å². The average Bonchev–Trinajstić information content (AvgIpc) is 2.70. The highest BCUT2D eigenvalue weighted by Gasteiger charge is 2.37. The van der Waals surface area contributed by atoms with Crippen LogP contribution in [0.4, 0.5) is 0 Å². The zero-order valence-electron chi connectivity index (χ0n) is 9.57. The molecule has 0 aromatic rings. The number of piperazine rings is 1. The second-order valence-corrected chi connectivity index (χ2v) is 5.81. The van der Waals surface area contributed by atoms with Gasteiger partial charge in [0.25, 0.3) is 0 Å². The molecule has 4 nitrogen and oxygen atoms in total. The van der Waals surface area contributed by atoms with Crippen LogP contribution in [0, 0.1) is 0 Å². The van der Waals surface area contributed by atoms with Crippen molar-refractivity contribution in [1.29, 1.82) is 0 Å². The van der Waals surface area contributed by atoms with Gasteiger partial charge >= 0.3 is 0 Å². The highest BCUT2D eigenvalue weighted by molar-refractivity contribution is 7.99. The summed E-state index contributed by atoms with van der Waals surface area (Å²) >= 11 is 1.92. The van der Waals surface area contributed by atoms with Crippen LogP contribution in [0.15, 0.2) is 0 Å². The predicted molar refractivity (Wildman–Crippen MR) is 64.3 cm³/mol. The number of rotatable bonds is 3. The van der Waals surface area contributed by atoms with Crippen molar-refractivity contribution in [1.82, 2.24) is 10.2 Å². The second kappa shape index (κ2) is 5.08. The van der Waals surface area contributed by atoms with E-state index in [0.29, 0.717) is 5.25 Å². The third kappa shape index (κ3) is 2.34. The first-order chi connectivity index (χ1) is 7.72. The molecule has 1 saturated heterocycles. The van der Waals surface area contributed by atoms with E-state index in [2.05, 4.69) is 12.2 Å². The third-order valence-electron chi connectivity index (χ3n) is 3.27. The number of carbonyl (C=O) groups excluding carboxylic acids is 2. The molecule has 16 heavy (non-hydrogen) atoms. The van der Waals surface area contributed by atoms with Gasteiger partial charge in [0.2, 0.25) is 11.8 Å². The van der Waals surface area contributed by atoms with Crippen LogP contribution in [0.1, 0.15) is 26.2 Å². The average molecular weight is 242 g/mol. The number of carbonyl (C=O) groups is 2. The molecule has 0 bridgehead atoms. The molecule has 5 heteroatoms. The van der Waals surface area contributed by atoms with Crippen molar-refractivity contribution in [2.24, 2.45) is 0 Å². The number of thioether (sulfide) groups is 1. The van der Waals surface area contributed by atoms with E-state index in [-0.39, 0.29) is 30.9 Å². The highest BCUT2D eigenvalue weighted by atomic mass is 32.2. The summed E-state index contributed by atoms with van der Waals surface area (Å²) in [5, 5.41) is 3.12. The molecule has 0 spiro atoms. The van der Waals surface area contributed by atoms with Gasteiger partial charge in [-0.1, -0.05) is 13.3 Å². The molecule has 1 aliphatic carbocycles. The normalized spacial score (nSPS) is 30.7. The molecule has 2 unspecified atom stereocenters. The lowest BCUT2D eigenvalue weighted by molar-refractivity contribution is -0.142. The van der Waals surface area contributed by atoms with Gasteiger partial charge in [-0.3, -0.25) is 9.59 Å². The van der Waals surface area contributed by atoms with Crippen molar-refractivity contribution >= 4 is 23.6 Å². The van der Waals surface area contributed by atoms with Crippen LogP contribution in [0.5, 0.6) is 0 Å². The summed E-state index contributed by atoms with van der Waals surface area (Å²) in [4.78, 5) is 24.9. The van der Waals surface area contributed by atoms with Crippen molar-refractivity contribution < 1.29 is 9.59 Å². The molecule has 0 aromatic heterocycles. The van der Waals surface area contributed by atoms with Crippen LogP contribution in [0.25, 0.3) is 0 Å². The van der Waals surface area contributed by atoms with Crippen molar-refractivity contribution in [2.75, 3.05) is 18.8 Å². The number of hydrogen-bond donors (Lipinski definition) is 1. The van der Waals surface area contributed by atoms with Crippen LogP contribution in [0.3, 0.4) is 0 Å². The smallest absolute Gasteiger partial charge is 0.242 e. The molecule has 0 radical (unpaired) electrons. The zero-order chi connectivity index (χ0) is 11.5. The fraction of sp³-hybridized carbons (Fsp3) is 0.818. The van der Waals surface area contributed by atoms with Crippen LogP contribution < -0.4 is 5.32 Å². The van der Waals surface area contributed by atoms with E-state index < -0.39 is 0 Å². The van der Waals surface area contributed by atoms with Crippen molar-refractivity contribution in [3.63, 3.8) is 0 Å². The lowest BCUT2D eigenvalue weighted by Crippen LogP contribution is -2.56. The molecule has 2 rings (SSSR count). The minimum absolute atomic E-state index is 0.0215. The number of nitrogens with zero attached hydrogens (tertiary/aromatic N) is 1. The van der Waals surface area contributed by atoms with E-state index in [1.807, 2.05) is 11.8 Å². The Balaban J connectivity index is 2.03. The first-order valence-corrected chi connectivity index (χ1v) is 6.95. The summed E-state index contributed by atoms with van der Waals surface area (Å²) in [5.41, 5.74) is 0. The van der Waals surface area contributed by atoms with Crippen LogP contribution >= 0.6 is 11.8 Å². The van der Waals surface area contributed by atoms with Crippen molar-refractivity contribution in [3.05, 3.63) is 0 Å². The molecule has 2 amide bonds. The third-order valence-corrected chi connectivity index (χ3v) is 4.58. The van der Waals surface area contributed by atoms with E-state index in [9.17, 15) is 9.59 Å². The lowest BCUT2D eigenvalue weighted by atomic mass is 10.2. The highest BCUT2D eigenvalue weighted by Crippen LogP contribution is 2.33. The predicted octanol–water partition coefficient (Wildman–Crippen LogP) is 0.619. The fourth-order valence-electron chi connectivity index (χ4n) is 2.55. The lowest BCUT2D eigenvalue weighted by Gasteiger charge is -2.35. The van der Waals surface area contributed by atoms with Gasteiger partial charge in [0.05, 0.1) is 13.1 Å². The standard InChI is InChI=1S/C11H18N2O2S/c1-2-16-9-5-3-4-8(9)13-7-10(14)12-6-11(13)15/h8-9H,2-7H2,1H3,(H,12,14). The number of amides is 2. The van der Waals surface area contributed by atoms with E-state index in [1.165, 1.54) is 12.8 Å². The number of hydrogen-bond acceptors (Lipinski definition) is 3. The van der Waals surface area contributed by atoms with Crippen LogP contribution in [-0.2, 0) is 9.59 Å². The van der Waals surface area contributed by atoms with E-state index in [1.54, 1.807) is 4.90 Å². The maximum atomic E-state index is 11.8. The topological polar surface area (TPSA) is 49.4 Å². The Morgan fingerprint density at radius 2 is 2.25 bits per heavy atom. The van der Waals surface area contributed by atoms with Gasteiger partial charge in [-0.25, -0.2) is 0 Å². The fourth-order valence-corrected chi connectivity index (χ4v) is 3.81. The maximum Gasteiger partial charge on any atom is 0.242 e. The Morgan fingerprint density at radius 1 is 1.44 bits per heavy atom. The molecule has 2 atom stereocenters. The SMILES string of the molecule is CCSC1CCCC1N1CC(=O)NCC1=O. The molecule has 2 aliphatic rings. The molecule has 1 saturated carbocycles. The minimum Gasteiger partial charge on any atom is -0.345 e. The zero-order valence-corrected chi connectivity index (χ0v) is 10.4. The molecular weight excluding hydrogens is 224 g/mol. The number of nitrogens with one attached hydrogen (secondary N) is 1. The van der Waals surface area contributed by atoms with Gasteiger partial charge in [0.15, 0.2) is 0 Å². The molecule has 90 valence electrons. The van der Waals surface area contributed by atoms with Crippen LogP contribution in [-0.4, -0.2) is 46.8 Å². The van der Waals surface area contributed by atoms with Gasteiger partial charge in [0.1, 0.15) is 0 Å². The van der Waals surface area contributed by atoms with E-state index in [0.717, 1.165) is 12.2 Å². The molecular formula is C11H18N2O2S. The second-order valence-electron chi connectivity index (χ2n) is 4.29. The summed E-state index contributed by atoms with van der Waals surface area (Å²) in [6.07, 6.45) is 3.40. The molecule has 0 aromatic carbocycles. The minimum atomic E-state index is -0.0215. The van der Waals surface area contributed by atoms with Gasteiger partial charge in [-0.15, -0.1) is 0 Å². The Bertz CT molecular complexity index is 296. The molecule has 1 heterocycles. The summed E-state index contributed by atoms with van der Waals surface area (Å²) in [6.45, 7) is 2.58. The van der Waals surface area contributed by atoms with Gasteiger partial charge in [0, 0.05) is 11.3 Å². The monoisotopic (exact) mass is 242 g/mol. The first kappa shape index (κ1) is 11.8. The summed E-state index contributed by atoms with van der Waals surface area (Å²) in [7, 11) is 0. The molecule has 1 N–H and O–H groups in total. The molecule has 1 aliphatic heterocycles. The van der Waals surface area contributed by atoms with Crippen LogP contribution in [0.2, 0.25) is 0 Å². The van der Waals surface area contributed by atoms with E-state index >= 15 is 0 Å². The van der Waals surface area contributed by atoms with Gasteiger partial charge in [-0.2, -0.15) is 11.8 Å². The quantitative estimate of drug-likeness (QED) is 0.789. The Hall–Kier alpha value is -0.710. The van der Waals surface area contributed by atoms with Crippen molar-refractivity contribution in [3.8, 4) is 0 Å². The molecule has 2 fully saturated rings. The Morgan fingerprint density at radius 3 is 3.00 bits per heavy atom. The van der Waals surface area contributed by atoms with E-state index in [4.69, 9.17) is 0 Å². The Labute approximate surface area is 100 Å². The Kier molecular flexibility index (Phi) is 3.74.